The molecule has 1 aliphatic heterocycles. The van der Waals surface area contributed by atoms with Crippen LogP contribution in [0.3, 0.4) is 0 Å². The molecule has 1 heterocycles. The molecule has 0 spiro atoms. The van der Waals surface area contributed by atoms with Crippen molar-refractivity contribution in [1.29, 1.82) is 5.26 Å². The summed E-state index contributed by atoms with van der Waals surface area (Å²) in [6, 6.07) is 8.29. The quantitative estimate of drug-likeness (QED) is 0.813. The van der Waals surface area contributed by atoms with Gasteiger partial charge in [0.25, 0.3) is 0 Å². The van der Waals surface area contributed by atoms with E-state index in [4.69, 9.17) is 5.26 Å². The molecule has 0 amide bonds. The van der Waals surface area contributed by atoms with E-state index in [0.29, 0.717) is 6.04 Å². The Balaban J connectivity index is 2.37. The third kappa shape index (κ3) is 1.60. The Kier molecular flexibility index (Phi) is 2.34. The molecule has 1 aliphatic rings. The molecule has 1 fully saturated rings. The lowest BCUT2D eigenvalue weighted by molar-refractivity contribution is 0.382. The fraction of sp³-hybridized carbons (Fsp3) is 0.300. The fourth-order valence-electron chi connectivity index (χ4n) is 1.43. The Labute approximate surface area is 85.7 Å². The van der Waals surface area contributed by atoms with Crippen molar-refractivity contribution in [1.82, 2.24) is 5.32 Å². The molecule has 3 heteroatoms. The number of nitrogens with one attached hydrogen (secondary N) is 1. The predicted molar refractivity (Wildman–Crippen MR) is 54.2 cm³/mol. The molecule has 0 radical (unpaired) electrons. The number of rotatable bonds is 1. The molecule has 1 unspecified atom stereocenters. The Morgan fingerprint density at radius 3 is 2.85 bits per heavy atom. The number of nitriles is 1. The van der Waals surface area contributed by atoms with Crippen LogP contribution in [0.4, 0.5) is 0 Å². The number of halogens is 1. The number of hydrogen-bond donors (Lipinski definition) is 1. The van der Waals surface area contributed by atoms with Crippen molar-refractivity contribution >= 4 is 15.9 Å². The van der Waals surface area contributed by atoms with Crippen LogP contribution in [-0.2, 0) is 0 Å². The lowest BCUT2D eigenvalue weighted by Gasteiger charge is -2.28. The maximum Gasteiger partial charge on any atom is 0.0991 e. The summed E-state index contributed by atoms with van der Waals surface area (Å²) in [6.07, 6.45) is 1.16. The van der Waals surface area contributed by atoms with Crippen LogP contribution >= 0.6 is 15.9 Å². The third-order valence-electron chi connectivity index (χ3n) is 2.32. The molecule has 0 saturated carbocycles. The van der Waals surface area contributed by atoms with Crippen molar-refractivity contribution in [3.63, 3.8) is 0 Å². The predicted octanol–water partition coefficient (Wildman–Crippen LogP) is 2.36. The molecule has 1 aromatic carbocycles. The van der Waals surface area contributed by atoms with E-state index in [1.54, 1.807) is 0 Å². The fourth-order valence-corrected chi connectivity index (χ4v) is 1.96. The van der Waals surface area contributed by atoms with Gasteiger partial charge in [-0.05, 0) is 36.7 Å². The summed E-state index contributed by atoms with van der Waals surface area (Å²) >= 11 is 3.49. The molecule has 0 bridgehead atoms. The third-order valence-corrected chi connectivity index (χ3v) is 3.05. The summed E-state index contributed by atoms with van der Waals surface area (Å²) in [5.41, 5.74) is 1.93. The van der Waals surface area contributed by atoms with E-state index in [1.807, 2.05) is 18.2 Å². The Hall–Kier alpha value is -0.850. The summed E-state index contributed by atoms with van der Waals surface area (Å²) in [5.74, 6) is 0. The molecular formula is C10H9BrN2. The highest BCUT2D eigenvalue weighted by Crippen LogP contribution is 2.30. The lowest BCUT2D eigenvalue weighted by Crippen LogP contribution is -2.35. The topological polar surface area (TPSA) is 35.8 Å². The Morgan fingerprint density at radius 2 is 2.31 bits per heavy atom. The molecule has 2 rings (SSSR count). The molecular weight excluding hydrogens is 228 g/mol. The number of nitrogens with zero attached hydrogens (tertiary/aromatic N) is 1. The standard InChI is InChI=1S/C10H9BrN2/c11-9-2-1-7(6-12)5-8(9)10-3-4-13-10/h1-2,5,10,13H,3-4H2. The van der Waals surface area contributed by atoms with E-state index in [2.05, 4.69) is 27.3 Å². The summed E-state index contributed by atoms with van der Waals surface area (Å²) in [5, 5.41) is 12.1. The molecule has 1 saturated heterocycles. The minimum atomic E-state index is 0.433. The second-order valence-corrected chi connectivity index (χ2v) is 4.00. The Bertz CT molecular complexity index is 364. The van der Waals surface area contributed by atoms with Crippen LogP contribution < -0.4 is 5.32 Å². The zero-order valence-corrected chi connectivity index (χ0v) is 8.63. The lowest BCUT2D eigenvalue weighted by atomic mass is 9.97. The maximum absolute atomic E-state index is 8.74. The molecule has 66 valence electrons. The molecule has 1 N–H and O–H groups in total. The van der Waals surface area contributed by atoms with Crippen molar-refractivity contribution in [2.45, 2.75) is 12.5 Å². The van der Waals surface area contributed by atoms with Crippen LogP contribution in [0.2, 0.25) is 0 Å². The maximum atomic E-state index is 8.74. The van der Waals surface area contributed by atoms with Gasteiger partial charge in [0.1, 0.15) is 0 Å². The van der Waals surface area contributed by atoms with Crippen LogP contribution in [0.1, 0.15) is 23.6 Å². The zero-order chi connectivity index (χ0) is 9.26. The summed E-state index contributed by atoms with van der Waals surface area (Å²) in [6.45, 7) is 1.08. The summed E-state index contributed by atoms with van der Waals surface area (Å²) in [7, 11) is 0. The second-order valence-electron chi connectivity index (χ2n) is 3.14. The van der Waals surface area contributed by atoms with Crippen LogP contribution in [0.5, 0.6) is 0 Å². The molecule has 1 aromatic rings. The van der Waals surface area contributed by atoms with Crippen LogP contribution in [0, 0.1) is 11.3 Å². The highest BCUT2D eigenvalue weighted by atomic mass is 79.9. The van der Waals surface area contributed by atoms with E-state index in [0.717, 1.165) is 23.0 Å². The first-order chi connectivity index (χ1) is 6.31. The largest absolute Gasteiger partial charge is 0.310 e. The van der Waals surface area contributed by atoms with Crippen LogP contribution in [0.25, 0.3) is 0 Å². The second kappa shape index (κ2) is 3.49. The summed E-state index contributed by atoms with van der Waals surface area (Å²) < 4.78 is 1.09. The van der Waals surface area contributed by atoms with E-state index < -0.39 is 0 Å². The van der Waals surface area contributed by atoms with E-state index in [-0.39, 0.29) is 0 Å². The van der Waals surface area contributed by atoms with Gasteiger partial charge in [-0.3, -0.25) is 0 Å². The molecule has 0 aliphatic carbocycles. The molecule has 2 nitrogen and oxygen atoms in total. The average molecular weight is 237 g/mol. The number of hydrogen-bond acceptors (Lipinski definition) is 2. The van der Waals surface area contributed by atoms with Crippen molar-refractivity contribution < 1.29 is 0 Å². The minimum absolute atomic E-state index is 0.433. The smallest absolute Gasteiger partial charge is 0.0991 e. The average Bonchev–Trinajstić information content (AvgIpc) is 2.06. The van der Waals surface area contributed by atoms with E-state index in [1.165, 1.54) is 5.56 Å². The normalized spacial score (nSPS) is 20.5. The minimum Gasteiger partial charge on any atom is -0.310 e. The van der Waals surface area contributed by atoms with Gasteiger partial charge in [-0.15, -0.1) is 0 Å². The van der Waals surface area contributed by atoms with E-state index in [9.17, 15) is 0 Å². The van der Waals surface area contributed by atoms with E-state index >= 15 is 0 Å². The van der Waals surface area contributed by atoms with Crippen molar-refractivity contribution in [3.05, 3.63) is 33.8 Å². The molecule has 13 heavy (non-hydrogen) atoms. The van der Waals surface area contributed by atoms with Crippen LogP contribution in [0.15, 0.2) is 22.7 Å². The molecule has 0 aromatic heterocycles. The monoisotopic (exact) mass is 236 g/mol. The van der Waals surface area contributed by atoms with Gasteiger partial charge in [-0.1, -0.05) is 15.9 Å². The highest BCUT2D eigenvalue weighted by Gasteiger charge is 2.20. The number of benzene rings is 1. The van der Waals surface area contributed by atoms with Crippen molar-refractivity contribution in [2.24, 2.45) is 0 Å². The van der Waals surface area contributed by atoms with Gasteiger partial charge in [0.05, 0.1) is 11.6 Å². The van der Waals surface area contributed by atoms with Gasteiger partial charge in [-0.2, -0.15) is 5.26 Å². The van der Waals surface area contributed by atoms with Gasteiger partial charge in [-0.25, -0.2) is 0 Å². The first-order valence-corrected chi connectivity index (χ1v) is 5.03. The highest BCUT2D eigenvalue weighted by molar-refractivity contribution is 9.10. The first kappa shape index (κ1) is 8.74. The van der Waals surface area contributed by atoms with Crippen molar-refractivity contribution in [2.75, 3.05) is 6.54 Å². The van der Waals surface area contributed by atoms with Gasteiger partial charge in [0.2, 0.25) is 0 Å². The zero-order valence-electron chi connectivity index (χ0n) is 7.05. The van der Waals surface area contributed by atoms with Gasteiger partial charge < -0.3 is 5.32 Å². The van der Waals surface area contributed by atoms with Crippen molar-refractivity contribution in [3.8, 4) is 6.07 Å². The SMILES string of the molecule is N#Cc1ccc(Br)c(C2CCN2)c1. The van der Waals surface area contributed by atoms with Gasteiger partial charge in [0, 0.05) is 10.5 Å². The van der Waals surface area contributed by atoms with Gasteiger partial charge in [0.15, 0.2) is 0 Å². The first-order valence-electron chi connectivity index (χ1n) is 4.24. The molecule has 1 atom stereocenters. The summed E-state index contributed by atoms with van der Waals surface area (Å²) in [4.78, 5) is 0. The van der Waals surface area contributed by atoms with Gasteiger partial charge >= 0.3 is 0 Å². The van der Waals surface area contributed by atoms with Crippen LogP contribution in [-0.4, -0.2) is 6.54 Å². The Morgan fingerprint density at radius 1 is 1.54 bits per heavy atom.